The average molecular weight is 459 g/mol. The fourth-order valence-electron chi connectivity index (χ4n) is 7.28. The fourth-order valence-corrected chi connectivity index (χ4v) is 7.74. The maximum Gasteiger partial charge on any atom is 0.534 e. The molecule has 0 amide bonds. The third-order valence-electron chi connectivity index (χ3n) is 9.45. The standard InChI is InChI=1S/C24H33F3O3S/c1-21(2,3)23(5)13-11-20-19-8-6-15-14-16(30-31(28,29)24(25,26)27)7-9-17(15)18(19)10-12-22(20,23)4/h7,9,14,18-20H,6,8,10-13H2,1-5H3/t18-,19-,20+,22+,23-/m1/s1. The van der Waals surface area contributed by atoms with Crippen LogP contribution in [0.2, 0.25) is 0 Å². The highest BCUT2D eigenvalue weighted by Crippen LogP contribution is 2.71. The molecule has 1 aromatic rings. The van der Waals surface area contributed by atoms with E-state index in [2.05, 4.69) is 38.8 Å². The lowest BCUT2D eigenvalue weighted by molar-refractivity contribution is -0.0759. The molecular formula is C24H33F3O3S. The van der Waals surface area contributed by atoms with E-state index in [0.717, 1.165) is 31.2 Å². The van der Waals surface area contributed by atoms with Gasteiger partial charge in [0, 0.05) is 0 Å². The molecule has 0 heterocycles. The third kappa shape index (κ3) is 3.32. The minimum absolute atomic E-state index is 0.228. The largest absolute Gasteiger partial charge is 0.534 e. The second-order valence-electron chi connectivity index (χ2n) is 11.3. The minimum atomic E-state index is -5.65. The Morgan fingerprint density at radius 3 is 2.32 bits per heavy atom. The molecule has 0 spiro atoms. The van der Waals surface area contributed by atoms with Crippen molar-refractivity contribution in [1.82, 2.24) is 0 Å². The van der Waals surface area contributed by atoms with Crippen molar-refractivity contribution >= 4 is 10.1 Å². The smallest absolute Gasteiger partial charge is 0.376 e. The molecule has 0 aliphatic heterocycles. The van der Waals surface area contributed by atoms with E-state index in [1.807, 2.05) is 0 Å². The molecule has 2 fully saturated rings. The Hall–Kier alpha value is -1.24. The molecule has 0 aromatic heterocycles. The zero-order chi connectivity index (χ0) is 23.0. The zero-order valence-corrected chi connectivity index (χ0v) is 19.8. The van der Waals surface area contributed by atoms with Crippen molar-refractivity contribution in [3.63, 3.8) is 0 Å². The highest BCUT2D eigenvalue weighted by molar-refractivity contribution is 7.88. The first-order valence-corrected chi connectivity index (χ1v) is 12.7. The second kappa shape index (κ2) is 6.88. The second-order valence-corrected chi connectivity index (χ2v) is 12.9. The van der Waals surface area contributed by atoms with Gasteiger partial charge in [-0.3, -0.25) is 0 Å². The van der Waals surface area contributed by atoms with Crippen LogP contribution in [0.4, 0.5) is 13.2 Å². The molecule has 7 heteroatoms. The first-order valence-electron chi connectivity index (χ1n) is 11.2. The Morgan fingerprint density at radius 2 is 1.71 bits per heavy atom. The van der Waals surface area contributed by atoms with Crippen LogP contribution in [-0.4, -0.2) is 13.9 Å². The fraction of sp³-hybridized carbons (Fsp3) is 0.750. The van der Waals surface area contributed by atoms with Crippen LogP contribution in [0.15, 0.2) is 18.2 Å². The van der Waals surface area contributed by atoms with Gasteiger partial charge in [-0.15, -0.1) is 0 Å². The van der Waals surface area contributed by atoms with Crippen LogP contribution < -0.4 is 4.18 Å². The van der Waals surface area contributed by atoms with Crippen LogP contribution in [0.5, 0.6) is 5.75 Å². The van der Waals surface area contributed by atoms with Gasteiger partial charge in [-0.25, -0.2) is 0 Å². The molecule has 0 radical (unpaired) electrons. The normalized spacial score (nSPS) is 35.8. The lowest BCUT2D eigenvalue weighted by Crippen LogP contribution is -2.50. The Labute approximate surface area is 183 Å². The van der Waals surface area contributed by atoms with Crippen LogP contribution in [0, 0.1) is 28.1 Å². The molecule has 3 nitrogen and oxygen atoms in total. The molecule has 4 rings (SSSR count). The van der Waals surface area contributed by atoms with Crippen LogP contribution in [-0.2, 0) is 16.5 Å². The van der Waals surface area contributed by atoms with Gasteiger partial charge in [-0.2, -0.15) is 21.6 Å². The molecule has 2 saturated carbocycles. The number of hydrogen-bond donors (Lipinski definition) is 0. The van der Waals surface area contributed by atoms with Crippen LogP contribution in [0.25, 0.3) is 0 Å². The van der Waals surface area contributed by atoms with Gasteiger partial charge in [-0.05, 0) is 95.8 Å². The molecular weight excluding hydrogens is 425 g/mol. The Kier molecular flexibility index (Phi) is 5.09. The first-order chi connectivity index (χ1) is 14.1. The summed E-state index contributed by atoms with van der Waals surface area (Å²) in [6.45, 7) is 12.0. The van der Waals surface area contributed by atoms with Crippen molar-refractivity contribution in [2.45, 2.75) is 84.6 Å². The van der Waals surface area contributed by atoms with E-state index in [1.165, 1.54) is 30.5 Å². The minimum Gasteiger partial charge on any atom is -0.376 e. The van der Waals surface area contributed by atoms with Crippen LogP contribution in [0.1, 0.15) is 83.8 Å². The van der Waals surface area contributed by atoms with Gasteiger partial charge in [0.25, 0.3) is 0 Å². The number of rotatable bonds is 2. The highest BCUT2D eigenvalue weighted by Gasteiger charge is 2.63. The van der Waals surface area contributed by atoms with Crippen molar-refractivity contribution < 1.29 is 25.8 Å². The topological polar surface area (TPSA) is 43.4 Å². The summed E-state index contributed by atoms with van der Waals surface area (Å²) >= 11 is 0. The van der Waals surface area contributed by atoms with Gasteiger partial charge in [0.1, 0.15) is 5.75 Å². The van der Waals surface area contributed by atoms with Crippen molar-refractivity contribution in [3.8, 4) is 5.75 Å². The molecule has 1 aromatic carbocycles. The van der Waals surface area contributed by atoms with Gasteiger partial charge in [0.05, 0.1) is 0 Å². The summed E-state index contributed by atoms with van der Waals surface area (Å²) < 4.78 is 65.1. The van der Waals surface area contributed by atoms with Crippen molar-refractivity contribution in [3.05, 3.63) is 29.3 Å². The predicted octanol–water partition coefficient (Wildman–Crippen LogP) is 6.82. The molecule has 31 heavy (non-hydrogen) atoms. The number of aryl methyl sites for hydroxylation is 1. The van der Waals surface area contributed by atoms with E-state index in [4.69, 9.17) is 0 Å². The Balaban J connectivity index is 1.61. The van der Waals surface area contributed by atoms with E-state index in [9.17, 15) is 21.6 Å². The predicted molar refractivity (Wildman–Crippen MR) is 114 cm³/mol. The Bertz CT molecular complexity index is 979. The highest BCUT2D eigenvalue weighted by atomic mass is 32.2. The monoisotopic (exact) mass is 458 g/mol. The third-order valence-corrected chi connectivity index (χ3v) is 10.4. The van der Waals surface area contributed by atoms with E-state index < -0.39 is 15.6 Å². The average Bonchev–Trinajstić information content (AvgIpc) is 2.92. The maximum atomic E-state index is 12.7. The maximum absolute atomic E-state index is 12.7. The molecule has 3 aliphatic carbocycles. The van der Waals surface area contributed by atoms with E-state index in [0.29, 0.717) is 17.8 Å². The summed E-state index contributed by atoms with van der Waals surface area (Å²) in [6, 6.07) is 4.68. The lowest BCUT2D eigenvalue weighted by Gasteiger charge is -2.58. The summed E-state index contributed by atoms with van der Waals surface area (Å²) in [5.74, 6) is 1.35. The van der Waals surface area contributed by atoms with Gasteiger partial charge in [0.15, 0.2) is 0 Å². The quantitative estimate of drug-likeness (QED) is 0.361. The number of benzene rings is 1. The van der Waals surface area contributed by atoms with E-state index in [1.54, 1.807) is 6.07 Å². The lowest BCUT2D eigenvalue weighted by atomic mass is 9.46. The summed E-state index contributed by atoms with van der Waals surface area (Å²) in [6.07, 6.45) is 6.41. The number of halogens is 3. The summed E-state index contributed by atoms with van der Waals surface area (Å²) in [4.78, 5) is 0. The molecule has 174 valence electrons. The van der Waals surface area contributed by atoms with Crippen LogP contribution >= 0.6 is 0 Å². The number of alkyl halides is 3. The van der Waals surface area contributed by atoms with Crippen molar-refractivity contribution in [2.24, 2.45) is 28.1 Å². The molecule has 0 bridgehead atoms. The number of hydrogen-bond acceptors (Lipinski definition) is 3. The van der Waals surface area contributed by atoms with Crippen molar-refractivity contribution in [1.29, 1.82) is 0 Å². The summed E-state index contributed by atoms with van der Waals surface area (Å²) in [5.41, 5.74) is -2.54. The molecule has 5 atom stereocenters. The molecule has 0 N–H and O–H groups in total. The molecule has 3 aliphatic rings. The van der Waals surface area contributed by atoms with Gasteiger partial charge in [0.2, 0.25) is 0 Å². The van der Waals surface area contributed by atoms with E-state index in [-0.39, 0.29) is 22.0 Å². The summed E-state index contributed by atoms with van der Waals surface area (Å²) in [7, 11) is -5.65. The SMILES string of the molecule is CC(C)(C)[C@@]1(C)CC[C@H]2[C@@H]3CCc4cc(OS(=O)(=O)C(F)(F)F)ccc4[C@H]3CC[C@@]21C. The number of fused-ring (bicyclic) bond motifs is 5. The zero-order valence-electron chi connectivity index (χ0n) is 19.0. The summed E-state index contributed by atoms with van der Waals surface area (Å²) in [5, 5.41) is 0. The van der Waals surface area contributed by atoms with Gasteiger partial charge in [-0.1, -0.05) is 40.7 Å². The Morgan fingerprint density at radius 1 is 1.03 bits per heavy atom. The van der Waals surface area contributed by atoms with Gasteiger partial charge >= 0.3 is 15.6 Å². The van der Waals surface area contributed by atoms with Gasteiger partial charge < -0.3 is 4.18 Å². The molecule has 0 saturated heterocycles. The molecule has 0 unspecified atom stereocenters. The first kappa shape index (κ1) is 22.9. The van der Waals surface area contributed by atoms with E-state index >= 15 is 0 Å². The van der Waals surface area contributed by atoms with Crippen LogP contribution in [0.3, 0.4) is 0 Å². The van der Waals surface area contributed by atoms with Crippen molar-refractivity contribution in [2.75, 3.05) is 0 Å².